The highest BCUT2D eigenvalue weighted by Crippen LogP contribution is 2.25. The third-order valence-electron chi connectivity index (χ3n) is 3.90. The molecule has 6 nitrogen and oxygen atoms in total. The number of benzene rings is 2. The van der Waals surface area contributed by atoms with Gasteiger partial charge in [0, 0.05) is 28.5 Å². The minimum atomic E-state index is -0.413. The first kappa shape index (κ1) is 21.2. The number of carbonyl (C=O) groups excluding carboxylic acids is 2. The normalized spacial score (nSPS) is 10.6. The van der Waals surface area contributed by atoms with Gasteiger partial charge in [-0.3, -0.25) is 9.59 Å². The van der Waals surface area contributed by atoms with Crippen LogP contribution >= 0.6 is 34.8 Å². The first-order valence-electron chi connectivity index (χ1n) is 8.63. The lowest BCUT2D eigenvalue weighted by atomic mass is 10.2. The molecule has 3 aromatic rings. The zero-order valence-corrected chi connectivity index (χ0v) is 17.3. The fraction of sp³-hybridized carbons (Fsp3) is 0.150. The molecule has 1 aromatic heterocycles. The number of hydrogen-bond acceptors (Lipinski definition) is 4. The van der Waals surface area contributed by atoms with Crippen molar-refractivity contribution >= 4 is 52.3 Å². The van der Waals surface area contributed by atoms with Crippen LogP contribution in [-0.4, -0.2) is 23.3 Å². The zero-order chi connectivity index (χ0) is 20.8. The van der Waals surface area contributed by atoms with Gasteiger partial charge in [0.2, 0.25) is 11.8 Å². The summed E-state index contributed by atoms with van der Waals surface area (Å²) in [5.74, 6) is 0.308. The van der Waals surface area contributed by atoms with Gasteiger partial charge < -0.3 is 15.1 Å². The number of carbonyl (C=O) groups is 2. The summed E-state index contributed by atoms with van der Waals surface area (Å²) in [7, 11) is 0. The molecular formula is C20H16Cl3N3O3. The second-order valence-corrected chi connectivity index (χ2v) is 7.35. The van der Waals surface area contributed by atoms with Crippen LogP contribution in [0.3, 0.4) is 0 Å². The van der Waals surface area contributed by atoms with E-state index in [-0.39, 0.29) is 18.9 Å². The van der Waals surface area contributed by atoms with Gasteiger partial charge >= 0.3 is 0 Å². The smallest absolute Gasteiger partial charge is 0.243 e. The van der Waals surface area contributed by atoms with Gasteiger partial charge in [-0.2, -0.15) is 0 Å². The number of hydrogen-bond donors (Lipinski definition) is 2. The van der Waals surface area contributed by atoms with Gasteiger partial charge in [0.05, 0.1) is 23.5 Å². The summed E-state index contributed by atoms with van der Waals surface area (Å²) in [6.07, 6.45) is 2.03. The fourth-order valence-electron chi connectivity index (χ4n) is 2.45. The molecule has 0 aliphatic rings. The molecule has 0 atom stereocenters. The van der Waals surface area contributed by atoms with E-state index >= 15 is 0 Å². The summed E-state index contributed by atoms with van der Waals surface area (Å²) in [6.45, 7) is -0.191. The van der Waals surface area contributed by atoms with Crippen molar-refractivity contribution in [3.8, 4) is 11.3 Å². The first-order valence-corrected chi connectivity index (χ1v) is 9.76. The Morgan fingerprint density at radius 1 is 0.966 bits per heavy atom. The molecule has 0 unspecified atom stereocenters. The number of aryl methyl sites for hydroxylation is 1. The molecule has 0 saturated carbocycles. The largest absolute Gasteiger partial charge is 0.441 e. The van der Waals surface area contributed by atoms with Crippen molar-refractivity contribution in [2.45, 2.75) is 12.8 Å². The lowest BCUT2D eigenvalue weighted by molar-refractivity contribution is -0.124. The van der Waals surface area contributed by atoms with E-state index in [2.05, 4.69) is 15.6 Å². The van der Waals surface area contributed by atoms with Gasteiger partial charge in [-0.05, 0) is 42.5 Å². The molecule has 2 aromatic carbocycles. The minimum absolute atomic E-state index is 0.131. The highest BCUT2D eigenvalue weighted by Gasteiger charge is 2.11. The van der Waals surface area contributed by atoms with Gasteiger partial charge in [-0.15, -0.1) is 0 Å². The lowest BCUT2D eigenvalue weighted by Gasteiger charge is -2.08. The van der Waals surface area contributed by atoms with Crippen LogP contribution in [0.4, 0.5) is 5.69 Å². The summed E-state index contributed by atoms with van der Waals surface area (Å²) >= 11 is 17.7. The topological polar surface area (TPSA) is 84.2 Å². The van der Waals surface area contributed by atoms with Crippen molar-refractivity contribution in [2.75, 3.05) is 11.9 Å². The molecule has 3 rings (SSSR count). The Labute approximate surface area is 182 Å². The molecule has 9 heteroatoms. The number of amides is 2. The van der Waals surface area contributed by atoms with E-state index in [9.17, 15) is 9.59 Å². The van der Waals surface area contributed by atoms with Gasteiger partial charge in [0.25, 0.3) is 0 Å². The van der Waals surface area contributed by atoms with Gasteiger partial charge in [-0.25, -0.2) is 4.98 Å². The number of nitrogens with one attached hydrogen (secondary N) is 2. The molecule has 1 heterocycles. The van der Waals surface area contributed by atoms with E-state index < -0.39 is 5.91 Å². The van der Waals surface area contributed by atoms with Crippen LogP contribution in [0.2, 0.25) is 15.1 Å². The van der Waals surface area contributed by atoms with Crippen molar-refractivity contribution in [3.05, 3.63) is 69.6 Å². The third kappa shape index (κ3) is 6.22. The van der Waals surface area contributed by atoms with Crippen LogP contribution in [0.15, 0.2) is 53.1 Å². The number of anilines is 1. The molecular weight excluding hydrogens is 437 g/mol. The molecule has 0 aliphatic heterocycles. The molecule has 29 heavy (non-hydrogen) atoms. The Hall–Kier alpha value is -2.54. The maximum atomic E-state index is 12.0. The number of nitrogens with zero attached hydrogens (tertiary/aromatic N) is 1. The number of halogens is 3. The second-order valence-electron chi connectivity index (χ2n) is 6.07. The maximum absolute atomic E-state index is 12.0. The average molecular weight is 453 g/mol. The Kier molecular flexibility index (Phi) is 7.14. The summed E-state index contributed by atoms with van der Waals surface area (Å²) < 4.78 is 5.65. The lowest BCUT2D eigenvalue weighted by Crippen LogP contribution is -2.33. The van der Waals surface area contributed by atoms with Crippen molar-refractivity contribution in [1.82, 2.24) is 10.3 Å². The Morgan fingerprint density at radius 2 is 1.69 bits per heavy atom. The first-order chi connectivity index (χ1) is 13.9. The predicted molar refractivity (Wildman–Crippen MR) is 113 cm³/mol. The van der Waals surface area contributed by atoms with Crippen LogP contribution in [0.1, 0.15) is 12.3 Å². The molecule has 0 aliphatic carbocycles. The molecule has 0 radical (unpaired) electrons. The molecule has 2 amide bonds. The molecule has 0 spiro atoms. The van der Waals surface area contributed by atoms with E-state index in [1.165, 1.54) is 6.07 Å². The predicted octanol–water partition coefficient (Wildman–Crippen LogP) is 4.99. The molecule has 0 saturated heterocycles. The monoisotopic (exact) mass is 451 g/mol. The van der Waals surface area contributed by atoms with Crippen molar-refractivity contribution in [3.63, 3.8) is 0 Å². The number of oxazole rings is 1. The number of aromatic nitrogens is 1. The number of rotatable bonds is 7. The van der Waals surface area contributed by atoms with Crippen LogP contribution in [0.25, 0.3) is 11.3 Å². The maximum Gasteiger partial charge on any atom is 0.243 e. The van der Waals surface area contributed by atoms with E-state index in [0.717, 1.165) is 5.56 Å². The van der Waals surface area contributed by atoms with Gasteiger partial charge in [-0.1, -0.05) is 34.8 Å². The average Bonchev–Trinajstić information content (AvgIpc) is 3.17. The highest BCUT2D eigenvalue weighted by atomic mass is 35.5. The molecule has 0 fully saturated rings. The molecule has 0 bridgehead atoms. The Bertz CT molecular complexity index is 1020. The Balaban J connectivity index is 1.45. The van der Waals surface area contributed by atoms with Crippen LogP contribution < -0.4 is 10.6 Å². The second kappa shape index (κ2) is 9.78. The minimum Gasteiger partial charge on any atom is -0.441 e. The fourth-order valence-corrected chi connectivity index (χ4v) is 2.91. The zero-order valence-electron chi connectivity index (χ0n) is 15.0. The van der Waals surface area contributed by atoms with Crippen LogP contribution in [0.5, 0.6) is 0 Å². The highest BCUT2D eigenvalue weighted by molar-refractivity contribution is 6.35. The molecule has 2 N–H and O–H groups in total. The summed E-state index contributed by atoms with van der Waals surface area (Å²) in [5, 5.41) is 6.57. The van der Waals surface area contributed by atoms with Gasteiger partial charge in [0.15, 0.2) is 11.7 Å². The van der Waals surface area contributed by atoms with Crippen LogP contribution in [0, 0.1) is 0 Å². The van der Waals surface area contributed by atoms with Crippen molar-refractivity contribution < 1.29 is 14.0 Å². The van der Waals surface area contributed by atoms with E-state index in [1.54, 1.807) is 30.5 Å². The van der Waals surface area contributed by atoms with E-state index in [0.29, 0.717) is 38.8 Å². The van der Waals surface area contributed by atoms with E-state index in [1.807, 2.05) is 12.1 Å². The summed E-state index contributed by atoms with van der Waals surface area (Å²) in [4.78, 5) is 28.1. The van der Waals surface area contributed by atoms with E-state index in [4.69, 9.17) is 39.2 Å². The van der Waals surface area contributed by atoms with Gasteiger partial charge in [0.1, 0.15) is 0 Å². The molecule has 150 valence electrons. The SMILES string of the molecule is O=C(CCc1ncc(-c2ccc(Cl)cc2)o1)NCC(=O)Nc1cc(Cl)ccc1Cl. The summed E-state index contributed by atoms with van der Waals surface area (Å²) in [6, 6.07) is 11.9. The quantitative estimate of drug-likeness (QED) is 0.529. The van der Waals surface area contributed by atoms with Crippen LogP contribution in [-0.2, 0) is 16.0 Å². The standard InChI is InChI=1S/C20H16Cl3N3O3/c21-13-3-1-12(2-4-13)17-10-25-20(29-17)8-7-18(27)24-11-19(28)26-16-9-14(22)5-6-15(16)23/h1-6,9-10H,7-8,11H2,(H,24,27)(H,26,28). The van der Waals surface area contributed by atoms with Crippen molar-refractivity contribution in [2.24, 2.45) is 0 Å². The Morgan fingerprint density at radius 3 is 2.45 bits per heavy atom. The third-order valence-corrected chi connectivity index (χ3v) is 4.71. The summed E-state index contributed by atoms with van der Waals surface area (Å²) in [5.41, 5.74) is 1.22. The van der Waals surface area contributed by atoms with Crippen molar-refractivity contribution in [1.29, 1.82) is 0 Å².